The molecule has 1 aliphatic rings. The minimum atomic E-state index is -0.209. The Morgan fingerprint density at radius 3 is 2.53 bits per heavy atom. The summed E-state index contributed by atoms with van der Waals surface area (Å²) in [4.78, 5) is 26.8. The van der Waals surface area contributed by atoms with Crippen LogP contribution in [0.4, 0.5) is 17.1 Å². The minimum Gasteiger partial charge on any atom is -0.491 e. The fourth-order valence-corrected chi connectivity index (χ4v) is 3.71. The van der Waals surface area contributed by atoms with Gasteiger partial charge in [-0.2, -0.15) is 0 Å². The second-order valence-electron chi connectivity index (χ2n) is 8.15. The Balaban J connectivity index is 1.26. The van der Waals surface area contributed by atoms with E-state index in [1.807, 2.05) is 54.6 Å². The molecule has 0 aromatic heterocycles. The van der Waals surface area contributed by atoms with Gasteiger partial charge >= 0.3 is 0 Å². The van der Waals surface area contributed by atoms with E-state index in [-0.39, 0.29) is 24.5 Å². The number of amides is 2. The van der Waals surface area contributed by atoms with Gasteiger partial charge in [0.15, 0.2) is 0 Å². The van der Waals surface area contributed by atoms with Crippen molar-refractivity contribution in [2.24, 2.45) is 0 Å². The van der Waals surface area contributed by atoms with E-state index in [0.717, 1.165) is 36.6 Å². The van der Waals surface area contributed by atoms with Crippen molar-refractivity contribution in [2.75, 3.05) is 42.3 Å². The van der Waals surface area contributed by atoms with Crippen LogP contribution in [-0.2, 0) is 9.53 Å². The number of benzene rings is 3. The molecule has 0 bridgehead atoms. The van der Waals surface area contributed by atoms with Crippen molar-refractivity contribution >= 4 is 28.9 Å². The lowest BCUT2D eigenvalue weighted by Gasteiger charge is -2.17. The van der Waals surface area contributed by atoms with Gasteiger partial charge in [0.25, 0.3) is 5.91 Å². The first-order valence-corrected chi connectivity index (χ1v) is 11.4. The second-order valence-corrected chi connectivity index (χ2v) is 8.15. The van der Waals surface area contributed by atoms with Crippen LogP contribution in [0.15, 0.2) is 78.9 Å². The smallest absolute Gasteiger partial charge is 0.258 e. The van der Waals surface area contributed by atoms with Gasteiger partial charge in [-0.05, 0) is 67.4 Å². The number of hydrogen-bond acceptors (Lipinski definition) is 5. The third kappa shape index (κ3) is 6.36. The number of nitrogens with zero attached hydrogens (tertiary/aromatic N) is 1. The molecule has 1 unspecified atom stereocenters. The molecular weight excluding hydrogens is 430 g/mol. The summed E-state index contributed by atoms with van der Waals surface area (Å²) in [5, 5.41) is 5.94. The van der Waals surface area contributed by atoms with Gasteiger partial charge in [-0.3, -0.25) is 9.59 Å². The molecule has 2 amide bonds. The van der Waals surface area contributed by atoms with Crippen LogP contribution >= 0.6 is 0 Å². The monoisotopic (exact) mass is 459 g/mol. The molecule has 1 heterocycles. The molecular formula is C27H29N3O4. The Morgan fingerprint density at radius 2 is 1.79 bits per heavy atom. The first-order chi connectivity index (χ1) is 16.6. The third-order valence-corrected chi connectivity index (χ3v) is 5.61. The van der Waals surface area contributed by atoms with Crippen molar-refractivity contribution in [1.29, 1.82) is 0 Å². The van der Waals surface area contributed by atoms with Crippen molar-refractivity contribution < 1.29 is 19.1 Å². The largest absolute Gasteiger partial charge is 0.491 e. The Bertz CT molecular complexity index is 1100. The average Bonchev–Trinajstić information content (AvgIpc) is 3.40. The molecule has 0 aliphatic carbocycles. The Labute approximate surface area is 199 Å². The molecule has 0 radical (unpaired) electrons. The number of nitrogens with one attached hydrogen (secondary N) is 2. The predicted octanol–water partition coefficient (Wildman–Crippen LogP) is 4.57. The Hall–Kier alpha value is -3.84. The molecule has 7 nitrogen and oxygen atoms in total. The number of para-hydroxylation sites is 1. The lowest BCUT2D eigenvalue weighted by molar-refractivity contribution is -0.114. The van der Waals surface area contributed by atoms with E-state index in [1.165, 1.54) is 0 Å². The van der Waals surface area contributed by atoms with E-state index < -0.39 is 0 Å². The molecule has 0 saturated carbocycles. The molecule has 176 valence electrons. The van der Waals surface area contributed by atoms with Crippen molar-refractivity contribution in [3.05, 3.63) is 84.4 Å². The number of carbonyl (C=O) groups is 2. The lowest BCUT2D eigenvalue weighted by atomic mass is 10.1. The van der Waals surface area contributed by atoms with Crippen LogP contribution in [0.1, 0.15) is 23.2 Å². The zero-order chi connectivity index (χ0) is 23.8. The molecule has 7 heteroatoms. The molecule has 3 aromatic rings. The fourth-order valence-electron chi connectivity index (χ4n) is 3.71. The van der Waals surface area contributed by atoms with Gasteiger partial charge < -0.3 is 25.0 Å². The van der Waals surface area contributed by atoms with Crippen LogP contribution in [0.3, 0.4) is 0 Å². The van der Waals surface area contributed by atoms with Crippen LogP contribution in [0.25, 0.3) is 0 Å². The van der Waals surface area contributed by atoms with Gasteiger partial charge in [-0.15, -0.1) is 0 Å². The van der Waals surface area contributed by atoms with Gasteiger partial charge in [0.05, 0.1) is 12.6 Å². The van der Waals surface area contributed by atoms with Gasteiger partial charge in [0, 0.05) is 36.3 Å². The number of hydrogen-bond donors (Lipinski definition) is 2. The molecule has 1 aliphatic heterocycles. The maximum Gasteiger partial charge on any atom is 0.258 e. The van der Waals surface area contributed by atoms with Gasteiger partial charge in [0.2, 0.25) is 5.91 Å². The van der Waals surface area contributed by atoms with E-state index in [9.17, 15) is 9.59 Å². The normalized spacial score (nSPS) is 14.9. The number of anilines is 3. The third-order valence-electron chi connectivity index (χ3n) is 5.61. The maximum atomic E-state index is 12.8. The summed E-state index contributed by atoms with van der Waals surface area (Å²) in [5.74, 6) is 0.411. The summed E-state index contributed by atoms with van der Waals surface area (Å²) in [6.45, 7) is 1.46. The van der Waals surface area contributed by atoms with Crippen LogP contribution < -0.4 is 20.3 Å². The van der Waals surface area contributed by atoms with E-state index in [0.29, 0.717) is 17.9 Å². The summed E-state index contributed by atoms with van der Waals surface area (Å²) in [5.41, 5.74) is 2.68. The van der Waals surface area contributed by atoms with Crippen molar-refractivity contribution in [3.8, 4) is 5.75 Å². The first-order valence-electron chi connectivity index (χ1n) is 11.4. The summed E-state index contributed by atoms with van der Waals surface area (Å²) >= 11 is 0. The summed E-state index contributed by atoms with van der Waals surface area (Å²) in [6, 6.07) is 23.8. The van der Waals surface area contributed by atoms with Crippen molar-refractivity contribution in [3.63, 3.8) is 0 Å². The van der Waals surface area contributed by atoms with Gasteiger partial charge in [-0.25, -0.2) is 0 Å². The SMILES string of the molecule is CN(C(=O)c1cccc(NC(=O)CNc2ccc(OCC3CCCO3)cc2)c1)c1ccccc1. The molecule has 1 atom stereocenters. The van der Waals surface area contributed by atoms with Crippen molar-refractivity contribution in [2.45, 2.75) is 18.9 Å². The van der Waals surface area contributed by atoms with Gasteiger partial charge in [-0.1, -0.05) is 24.3 Å². The molecule has 1 saturated heterocycles. The highest BCUT2D eigenvalue weighted by molar-refractivity contribution is 6.06. The summed E-state index contributed by atoms with van der Waals surface area (Å²) < 4.78 is 11.3. The minimum absolute atomic E-state index is 0.0954. The highest BCUT2D eigenvalue weighted by Crippen LogP contribution is 2.19. The van der Waals surface area contributed by atoms with E-state index in [4.69, 9.17) is 9.47 Å². The van der Waals surface area contributed by atoms with Crippen LogP contribution in [0, 0.1) is 0 Å². The maximum absolute atomic E-state index is 12.8. The average molecular weight is 460 g/mol. The highest BCUT2D eigenvalue weighted by Gasteiger charge is 2.16. The Kier molecular flexibility index (Phi) is 7.78. The van der Waals surface area contributed by atoms with Gasteiger partial charge in [0.1, 0.15) is 12.4 Å². The molecule has 1 fully saturated rings. The quantitative estimate of drug-likeness (QED) is 0.490. The second kappa shape index (κ2) is 11.3. The topological polar surface area (TPSA) is 79.9 Å². The van der Waals surface area contributed by atoms with E-state index in [1.54, 1.807) is 36.2 Å². The molecule has 4 rings (SSSR count). The summed E-state index contributed by atoms with van der Waals surface area (Å²) in [7, 11) is 1.73. The van der Waals surface area contributed by atoms with Crippen LogP contribution in [0.5, 0.6) is 5.75 Å². The van der Waals surface area contributed by atoms with E-state index >= 15 is 0 Å². The number of carbonyl (C=O) groups excluding carboxylic acids is 2. The highest BCUT2D eigenvalue weighted by atomic mass is 16.5. The number of rotatable bonds is 9. The van der Waals surface area contributed by atoms with Crippen molar-refractivity contribution in [1.82, 2.24) is 0 Å². The zero-order valence-electron chi connectivity index (χ0n) is 19.2. The zero-order valence-corrected chi connectivity index (χ0v) is 19.2. The summed E-state index contributed by atoms with van der Waals surface area (Å²) in [6.07, 6.45) is 2.30. The predicted molar refractivity (Wildman–Crippen MR) is 134 cm³/mol. The fraction of sp³-hybridized carbons (Fsp3) is 0.259. The molecule has 0 spiro atoms. The lowest BCUT2D eigenvalue weighted by Crippen LogP contribution is -2.26. The molecule has 3 aromatic carbocycles. The molecule has 34 heavy (non-hydrogen) atoms. The van der Waals surface area contributed by atoms with Crippen LogP contribution in [0.2, 0.25) is 0 Å². The first kappa shape index (κ1) is 23.3. The standard InChI is InChI=1S/C27H29N3O4/c1-30(23-9-3-2-4-10-23)27(32)20-7-5-8-22(17-20)29-26(31)18-28-21-12-14-24(15-13-21)34-19-25-11-6-16-33-25/h2-5,7-10,12-15,17,25,28H,6,11,16,18-19H2,1H3,(H,29,31). The van der Waals surface area contributed by atoms with E-state index in [2.05, 4.69) is 10.6 Å². The number of ether oxygens (including phenoxy) is 2. The van der Waals surface area contributed by atoms with Crippen LogP contribution in [-0.4, -0.2) is 44.7 Å². The Morgan fingerprint density at radius 1 is 1.00 bits per heavy atom. The molecule has 2 N–H and O–H groups in total.